The molecule has 3 N–H and O–H groups in total. The zero-order chi connectivity index (χ0) is 19.6. The van der Waals surface area contributed by atoms with Gasteiger partial charge in [0.15, 0.2) is 0 Å². The fraction of sp³-hybridized carbons (Fsp3) is 0.238. The number of hydrogen-bond donors (Lipinski definition) is 2. The first-order valence-electron chi connectivity index (χ1n) is 9.15. The number of hydrogen-bond acceptors (Lipinski definition) is 5. The van der Waals surface area contributed by atoms with Crippen molar-refractivity contribution in [1.82, 2.24) is 15.0 Å². The lowest BCUT2D eigenvalue weighted by Crippen LogP contribution is -2.42. The smallest absolute Gasteiger partial charge is 0.248 e. The van der Waals surface area contributed by atoms with Gasteiger partial charge in [-0.3, -0.25) is 9.78 Å². The Balaban J connectivity index is 1.49. The minimum absolute atomic E-state index is 0.269. The molecule has 1 aromatic carbocycles. The Labute approximate surface area is 162 Å². The highest BCUT2D eigenvalue weighted by molar-refractivity contribution is 5.94. The van der Waals surface area contributed by atoms with Crippen LogP contribution in [0.3, 0.4) is 0 Å². The zero-order valence-electron chi connectivity index (χ0n) is 15.2. The van der Waals surface area contributed by atoms with E-state index in [0.717, 1.165) is 30.4 Å². The third kappa shape index (κ3) is 3.43. The standard InChI is InChI=1S/C21H20FN5O/c22-17-6-2-9-24-18(17)21(7-3-8-21)13-27-20-25-11-16(12-26-20)14-4-1-5-15(10-14)19(23)28/h1-2,4-6,9-12H,3,7-8,13H2,(H2,23,28)(H,25,26,27). The minimum atomic E-state index is -0.478. The maximum absolute atomic E-state index is 14.2. The van der Waals surface area contributed by atoms with Crippen molar-refractivity contribution in [1.29, 1.82) is 0 Å². The summed E-state index contributed by atoms with van der Waals surface area (Å²) in [4.78, 5) is 24.3. The molecule has 3 aromatic rings. The molecule has 28 heavy (non-hydrogen) atoms. The second-order valence-electron chi connectivity index (χ2n) is 7.06. The molecular weight excluding hydrogens is 357 g/mol. The number of pyridine rings is 1. The van der Waals surface area contributed by atoms with Crippen LogP contribution < -0.4 is 11.1 Å². The average molecular weight is 377 g/mol. The Bertz CT molecular complexity index is 1000. The van der Waals surface area contributed by atoms with Crippen LogP contribution in [0.4, 0.5) is 10.3 Å². The number of halogens is 1. The first kappa shape index (κ1) is 18.0. The van der Waals surface area contributed by atoms with Crippen LogP contribution in [-0.2, 0) is 5.41 Å². The van der Waals surface area contributed by atoms with E-state index in [-0.39, 0.29) is 11.2 Å². The number of carbonyl (C=O) groups is 1. The summed E-state index contributed by atoms with van der Waals surface area (Å²) in [5.74, 6) is -0.277. The van der Waals surface area contributed by atoms with E-state index in [1.807, 2.05) is 6.07 Å². The minimum Gasteiger partial charge on any atom is -0.366 e. The SMILES string of the molecule is NC(=O)c1cccc(-c2cnc(NCC3(c4ncccc4F)CCC3)nc2)c1. The molecule has 142 valence electrons. The molecule has 0 unspecified atom stereocenters. The molecule has 1 amide bonds. The van der Waals surface area contributed by atoms with E-state index in [1.165, 1.54) is 6.07 Å². The Morgan fingerprint density at radius 2 is 1.89 bits per heavy atom. The van der Waals surface area contributed by atoms with Crippen molar-refractivity contribution in [2.24, 2.45) is 5.73 Å². The van der Waals surface area contributed by atoms with Crippen molar-refractivity contribution < 1.29 is 9.18 Å². The van der Waals surface area contributed by atoms with Gasteiger partial charge in [-0.1, -0.05) is 18.6 Å². The monoisotopic (exact) mass is 377 g/mol. The van der Waals surface area contributed by atoms with Gasteiger partial charge < -0.3 is 11.1 Å². The molecule has 1 aliphatic carbocycles. The molecule has 0 radical (unpaired) electrons. The number of aromatic nitrogens is 3. The first-order valence-corrected chi connectivity index (χ1v) is 9.15. The zero-order valence-corrected chi connectivity index (χ0v) is 15.2. The van der Waals surface area contributed by atoms with Crippen molar-refractivity contribution in [3.05, 3.63) is 72.1 Å². The third-order valence-electron chi connectivity index (χ3n) is 5.29. The van der Waals surface area contributed by atoms with Crippen LogP contribution in [0.5, 0.6) is 0 Å². The number of nitrogens with zero attached hydrogens (tertiary/aromatic N) is 3. The number of primary amides is 1. The molecule has 0 aliphatic heterocycles. The molecule has 1 aliphatic rings. The summed E-state index contributed by atoms with van der Waals surface area (Å²) in [5, 5.41) is 3.22. The lowest BCUT2D eigenvalue weighted by atomic mass is 9.66. The summed E-state index contributed by atoms with van der Waals surface area (Å²) < 4.78 is 14.2. The summed E-state index contributed by atoms with van der Waals surface area (Å²) in [5.41, 5.74) is 7.55. The second kappa shape index (κ2) is 7.34. The van der Waals surface area contributed by atoms with E-state index in [4.69, 9.17) is 5.73 Å². The van der Waals surface area contributed by atoms with Gasteiger partial charge in [0.05, 0.1) is 5.69 Å². The lowest BCUT2D eigenvalue weighted by molar-refractivity contribution is 0.100. The second-order valence-corrected chi connectivity index (χ2v) is 7.06. The molecule has 0 atom stereocenters. The number of carbonyl (C=O) groups excluding carboxylic acids is 1. The number of nitrogens with two attached hydrogens (primary N) is 1. The summed E-state index contributed by atoms with van der Waals surface area (Å²) >= 11 is 0. The molecule has 0 bridgehead atoms. The Kier molecular flexibility index (Phi) is 4.73. The van der Waals surface area contributed by atoms with Crippen LogP contribution in [0.25, 0.3) is 11.1 Å². The van der Waals surface area contributed by atoms with Gasteiger partial charge in [0.25, 0.3) is 0 Å². The van der Waals surface area contributed by atoms with E-state index in [9.17, 15) is 9.18 Å². The Hall–Kier alpha value is -3.35. The molecule has 0 spiro atoms. The summed E-state index contributed by atoms with van der Waals surface area (Å²) in [6.45, 7) is 0.525. The summed E-state index contributed by atoms with van der Waals surface area (Å²) in [6, 6.07) is 10.1. The van der Waals surface area contributed by atoms with Gasteiger partial charge >= 0.3 is 0 Å². The quantitative estimate of drug-likeness (QED) is 0.687. The largest absolute Gasteiger partial charge is 0.366 e. The highest BCUT2D eigenvalue weighted by atomic mass is 19.1. The van der Waals surface area contributed by atoms with Crippen LogP contribution in [0, 0.1) is 5.82 Å². The van der Waals surface area contributed by atoms with Crippen LogP contribution in [0.15, 0.2) is 55.0 Å². The molecule has 2 aromatic heterocycles. The number of benzene rings is 1. The van der Waals surface area contributed by atoms with Crippen LogP contribution >= 0.6 is 0 Å². The Morgan fingerprint density at radius 1 is 1.11 bits per heavy atom. The first-order chi connectivity index (χ1) is 13.6. The van der Waals surface area contributed by atoms with E-state index in [1.54, 1.807) is 42.9 Å². The lowest BCUT2D eigenvalue weighted by Gasteiger charge is -2.41. The third-order valence-corrected chi connectivity index (χ3v) is 5.29. The fourth-order valence-electron chi connectivity index (χ4n) is 3.55. The van der Waals surface area contributed by atoms with Gasteiger partial charge in [-0.2, -0.15) is 0 Å². The summed E-state index contributed by atoms with van der Waals surface area (Å²) in [6.07, 6.45) is 7.81. The predicted molar refractivity (Wildman–Crippen MR) is 104 cm³/mol. The van der Waals surface area contributed by atoms with Gasteiger partial charge in [0, 0.05) is 41.7 Å². The normalized spacial score (nSPS) is 14.9. The van der Waals surface area contributed by atoms with Crippen molar-refractivity contribution in [2.75, 3.05) is 11.9 Å². The maximum atomic E-state index is 14.2. The summed E-state index contributed by atoms with van der Waals surface area (Å²) in [7, 11) is 0. The predicted octanol–water partition coefficient (Wildman–Crippen LogP) is 3.31. The number of rotatable bonds is 6. The molecule has 0 saturated heterocycles. The fourth-order valence-corrected chi connectivity index (χ4v) is 3.55. The van der Waals surface area contributed by atoms with Crippen molar-refractivity contribution in [3.63, 3.8) is 0 Å². The number of nitrogens with one attached hydrogen (secondary N) is 1. The number of amides is 1. The Morgan fingerprint density at radius 3 is 2.54 bits per heavy atom. The molecule has 7 heteroatoms. The number of anilines is 1. The van der Waals surface area contributed by atoms with Crippen molar-refractivity contribution >= 4 is 11.9 Å². The topological polar surface area (TPSA) is 93.8 Å². The molecule has 1 fully saturated rings. The molecule has 4 rings (SSSR count). The van der Waals surface area contributed by atoms with Crippen LogP contribution in [-0.4, -0.2) is 27.4 Å². The van der Waals surface area contributed by atoms with E-state index in [2.05, 4.69) is 20.3 Å². The molecule has 2 heterocycles. The molecule has 1 saturated carbocycles. The van der Waals surface area contributed by atoms with Crippen molar-refractivity contribution in [2.45, 2.75) is 24.7 Å². The van der Waals surface area contributed by atoms with Gasteiger partial charge in [-0.05, 0) is 42.7 Å². The average Bonchev–Trinajstić information content (AvgIpc) is 2.69. The van der Waals surface area contributed by atoms with Gasteiger partial charge in [-0.25, -0.2) is 14.4 Å². The molecule has 6 nitrogen and oxygen atoms in total. The van der Waals surface area contributed by atoms with Gasteiger partial charge in [0.2, 0.25) is 11.9 Å². The maximum Gasteiger partial charge on any atom is 0.248 e. The van der Waals surface area contributed by atoms with E-state index < -0.39 is 5.91 Å². The van der Waals surface area contributed by atoms with Gasteiger partial charge in [-0.15, -0.1) is 0 Å². The van der Waals surface area contributed by atoms with Crippen LogP contribution in [0.1, 0.15) is 35.3 Å². The van der Waals surface area contributed by atoms with E-state index >= 15 is 0 Å². The highest BCUT2D eigenvalue weighted by Gasteiger charge is 2.41. The van der Waals surface area contributed by atoms with Gasteiger partial charge in [0.1, 0.15) is 5.82 Å². The van der Waals surface area contributed by atoms with Crippen molar-refractivity contribution in [3.8, 4) is 11.1 Å². The van der Waals surface area contributed by atoms with Crippen LogP contribution in [0.2, 0.25) is 0 Å². The highest BCUT2D eigenvalue weighted by Crippen LogP contribution is 2.43. The molecular formula is C21H20FN5O. The van der Waals surface area contributed by atoms with E-state index in [0.29, 0.717) is 23.8 Å².